The number of hydrogen-bond donors (Lipinski definition) is 11. The number of aliphatic hydroxyl groups is 8. The summed E-state index contributed by atoms with van der Waals surface area (Å²) < 4.78 is 24.8. The Morgan fingerprint density at radius 3 is 1.30 bits per heavy atom. The maximum absolute atomic E-state index is 11.8. The third kappa shape index (κ3) is 5.68. The van der Waals surface area contributed by atoms with Gasteiger partial charge in [-0.1, -0.05) is 0 Å². The van der Waals surface area contributed by atoms with Crippen LogP contribution in [-0.4, -0.2) is 166 Å². The van der Waals surface area contributed by atoms with E-state index < -0.39 is 110 Å². The van der Waals surface area contributed by atoms with E-state index in [9.17, 15) is 65.4 Å². The lowest BCUT2D eigenvalue weighted by Crippen LogP contribution is -2.67. The van der Waals surface area contributed by atoms with Gasteiger partial charge in [0, 0.05) is 0 Å². The molecule has 3 fully saturated rings. The minimum atomic E-state index is -2.29. The Labute approximate surface area is 205 Å². The second-order valence-corrected chi connectivity index (χ2v) is 8.45. The fourth-order valence-corrected chi connectivity index (χ4v) is 3.98. The molecule has 37 heavy (non-hydrogen) atoms. The summed E-state index contributed by atoms with van der Waals surface area (Å²) in [6.07, 6.45) is -32.5. The molecule has 0 radical (unpaired) electrons. The van der Waals surface area contributed by atoms with Gasteiger partial charge >= 0.3 is 17.9 Å². The van der Waals surface area contributed by atoms with E-state index in [0.717, 1.165) is 0 Å². The Morgan fingerprint density at radius 2 is 0.838 bits per heavy atom. The number of carboxylic acid groups (broad SMARTS) is 3. The monoisotopic (exact) mass is 546 g/mol. The third-order valence-corrected chi connectivity index (χ3v) is 5.99. The molecule has 0 unspecified atom stereocenters. The van der Waals surface area contributed by atoms with Gasteiger partial charge in [0.1, 0.15) is 54.9 Å². The molecule has 0 aromatic rings. The number of aliphatic carboxylic acids is 3. The van der Waals surface area contributed by atoms with Crippen LogP contribution in [0.25, 0.3) is 0 Å². The van der Waals surface area contributed by atoms with Gasteiger partial charge in [0.15, 0.2) is 37.2 Å². The second kappa shape index (κ2) is 11.3. The first kappa shape index (κ1) is 29.4. The highest BCUT2D eigenvalue weighted by atomic mass is 16.8. The molecule has 11 N–H and O–H groups in total. The smallest absolute Gasteiger partial charge is 0.335 e. The molecule has 0 bridgehead atoms. The van der Waals surface area contributed by atoms with Gasteiger partial charge in [0.25, 0.3) is 0 Å². The van der Waals surface area contributed by atoms with Crippen molar-refractivity contribution in [2.75, 3.05) is 0 Å². The predicted octanol–water partition coefficient (Wildman–Crippen LogP) is -7.30. The van der Waals surface area contributed by atoms with Crippen molar-refractivity contribution in [3.05, 3.63) is 0 Å². The second-order valence-electron chi connectivity index (χ2n) is 8.45. The molecule has 0 aromatic heterocycles. The Kier molecular flexibility index (Phi) is 9.01. The summed E-state index contributed by atoms with van der Waals surface area (Å²) in [4.78, 5) is 34.5. The zero-order valence-corrected chi connectivity index (χ0v) is 18.3. The van der Waals surface area contributed by atoms with Crippen LogP contribution in [0.1, 0.15) is 0 Å². The maximum Gasteiger partial charge on any atom is 0.335 e. The highest BCUT2D eigenvalue weighted by Crippen LogP contribution is 2.32. The summed E-state index contributed by atoms with van der Waals surface area (Å²) in [5.41, 5.74) is 0. The molecule has 15 atom stereocenters. The van der Waals surface area contributed by atoms with Crippen LogP contribution in [0.4, 0.5) is 0 Å². The van der Waals surface area contributed by atoms with Crippen LogP contribution >= 0.6 is 0 Å². The van der Waals surface area contributed by atoms with Crippen molar-refractivity contribution in [3.63, 3.8) is 0 Å². The number of aliphatic hydroxyl groups excluding tert-OH is 8. The van der Waals surface area contributed by atoms with Gasteiger partial charge in [-0.25, -0.2) is 14.4 Å². The Morgan fingerprint density at radius 1 is 0.459 bits per heavy atom. The SMILES string of the molecule is O=C(O)[C@H]1O[C@H](O[C@@H]2[C@H](O)[C@@H](O)[C@@H](O[C@@H]3[C@H](O)[C@@H](O)[C@@H](O)O[C@@H]3C(=O)O)O[C@@H]2C(=O)O)[C@H](O)[C@@H](O)[C@H]1O. The molecule has 0 amide bonds. The van der Waals surface area contributed by atoms with Gasteiger partial charge in [-0.15, -0.1) is 0 Å². The minimum absolute atomic E-state index is 1.79. The van der Waals surface area contributed by atoms with Crippen LogP contribution in [0.3, 0.4) is 0 Å². The number of ether oxygens (including phenoxy) is 5. The van der Waals surface area contributed by atoms with E-state index in [2.05, 4.69) is 4.74 Å². The maximum atomic E-state index is 11.8. The quantitative estimate of drug-likeness (QED) is 0.141. The Hall–Kier alpha value is -2.11. The van der Waals surface area contributed by atoms with Crippen LogP contribution in [0.5, 0.6) is 0 Å². The van der Waals surface area contributed by atoms with Crippen molar-refractivity contribution in [3.8, 4) is 0 Å². The molecule has 19 nitrogen and oxygen atoms in total. The summed E-state index contributed by atoms with van der Waals surface area (Å²) in [6.45, 7) is 0. The van der Waals surface area contributed by atoms with Crippen molar-refractivity contribution in [1.29, 1.82) is 0 Å². The van der Waals surface area contributed by atoms with E-state index in [4.69, 9.17) is 24.1 Å². The van der Waals surface area contributed by atoms with Crippen molar-refractivity contribution in [1.82, 2.24) is 0 Å². The summed E-state index contributed by atoms with van der Waals surface area (Å²) in [7, 11) is 0. The molecule has 0 spiro atoms. The molecule has 212 valence electrons. The number of carboxylic acids is 3. The Balaban J connectivity index is 1.81. The fourth-order valence-electron chi connectivity index (χ4n) is 3.98. The summed E-state index contributed by atoms with van der Waals surface area (Å²) in [6, 6.07) is 0. The standard InChI is InChI=1S/C18H26O19/c19-1-2(20)10(13(26)27)36-17(6(1)24)35-9-4(22)7(25)18(37-12(9)15(30)31)34-8-3(21)5(23)16(32)33-11(8)14(28)29/h1-12,16-25,32H,(H,26,27)(H,28,29)(H,30,31)/t1-,2+,3+,4+,5+,6+,7+,8+,9+,10-,11-,12-,16-,17-,18-/m0/s1. The molecule has 3 aliphatic heterocycles. The molecular weight excluding hydrogens is 520 g/mol. The van der Waals surface area contributed by atoms with Gasteiger partial charge in [0.2, 0.25) is 0 Å². The topological polar surface area (TPSA) is 320 Å². The van der Waals surface area contributed by atoms with Gasteiger partial charge in [-0.05, 0) is 0 Å². The molecule has 0 aliphatic carbocycles. The predicted molar refractivity (Wildman–Crippen MR) is 103 cm³/mol. The van der Waals surface area contributed by atoms with E-state index in [-0.39, 0.29) is 0 Å². The molecule has 19 heteroatoms. The molecule has 3 aliphatic rings. The lowest BCUT2D eigenvalue weighted by atomic mass is 9.95. The number of rotatable bonds is 7. The van der Waals surface area contributed by atoms with Gasteiger partial charge in [-0.3, -0.25) is 0 Å². The van der Waals surface area contributed by atoms with E-state index in [1.54, 1.807) is 0 Å². The fraction of sp³-hybridized carbons (Fsp3) is 0.833. The van der Waals surface area contributed by atoms with Crippen molar-refractivity contribution in [2.45, 2.75) is 92.1 Å². The highest BCUT2D eigenvalue weighted by Gasteiger charge is 2.56. The van der Waals surface area contributed by atoms with Gasteiger partial charge in [-0.2, -0.15) is 0 Å². The normalized spacial score (nSPS) is 48.8. The first-order valence-corrected chi connectivity index (χ1v) is 10.6. The molecule has 3 rings (SSSR count). The Bertz CT molecular complexity index is 853. The molecule has 3 saturated heterocycles. The third-order valence-electron chi connectivity index (χ3n) is 5.99. The lowest BCUT2D eigenvalue weighted by molar-refractivity contribution is -0.368. The van der Waals surface area contributed by atoms with Crippen LogP contribution in [0, 0.1) is 0 Å². The number of carbonyl (C=O) groups is 3. The minimum Gasteiger partial charge on any atom is -0.479 e. The van der Waals surface area contributed by atoms with Crippen molar-refractivity contribution < 1.29 is 94.2 Å². The largest absolute Gasteiger partial charge is 0.479 e. The zero-order valence-electron chi connectivity index (χ0n) is 18.3. The van der Waals surface area contributed by atoms with Crippen LogP contribution in [-0.2, 0) is 38.1 Å². The van der Waals surface area contributed by atoms with Crippen LogP contribution in [0.15, 0.2) is 0 Å². The van der Waals surface area contributed by atoms with Crippen molar-refractivity contribution in [2.24, 2.45) is 0 Å². The average molecular weight is 546 g/mol. The first-order chi connectivity index (χ1) is 17.2. The molecule has 0 saturated carbocycles. The van der Waals surface area contributed by atoms with Crippen LogP contribution in [0.2, 0.25) is 0 Å². The van der Waals surface area contributed by atoms with E-state index in [0.29, 0.717) is 0 Å². The van der Waals surface area contributed by atoms with E-state index in [1.165, 1.54) is 0 Å². The van der Waals surface area contributed by atoms with Crippen LogP contribution < -0.4 is 0 Å². The summed E-state index contributed by atoms with van der Waals surface area (Å²) in [5.74, 6) is -5.46. The van der Waals surface area contributed by atoms with Crippen molar-refractivity contribution >= 4 is 17.9 Å². The average Bonchev–Trinajstić information content (AvgIpc) is 2.82. The number of hydrogen-bond acceptors (Lipinski definition) is 16. The van der Waals surface area contributed by atoms with E-state index in [1.807, 2.05) is 0 Å². The lowest BCUT2D eigenvalue weighted by Gasteiger charge is -2.46. The first-order valence-electron chi connectivity index (χ1n) is 10.6. The molecular formula is C18H26O19. The summed E-state index contributed by atoms with van der Waals surface area (Å²) in [5, 5.41) is 108. The molecule has 3 heterocycles. The zero-order chi connectivity index (χ0) is 27.9. The van der Waals surface area contributed by atoms with E-state index >= 15 is 0 Å². The van der Waals surface area contributed by atoms with Gasteiger partial charge in [0.05, 0.1) is 0 Å². The highest BCUT2D eigenvalue weighted by molar-refractivity contribution is 5.74. The summed E-state index contributed by atoms with van der Waals surface area (Å²) >= 11 is 0. The molecule has 0 aromatic carbocycles. The van der Waals surface area contributed by atoms with Gasteiger partial charge < -0.3 is 79.9 Å².